The van der Waals surface area contributed by atoms with Crippen LogP contribution in [-0.4, -0.2) is 18.9 Å². The molecular weight excluding hydrogens is 256 g/mol. The van der Waals surface area contributed by atoms with Gasteiger partial charge in [-0.25, -0.2) is 8.42 Å². The zero-order valence-corrected chi connectivity index (χ0v) is 11.8. The highest BCUT2D eigenvalue weighted by Crippen LogP contribution is 2.66. The van der Waals surface area contributed by atoms with Crippen LogP contribution in [0.3, 0.4) is 0 Å². The van der Waals surface area contributed by atoms with Gasteiger partial charge in [-0.2, -0.15) is 0 Å². The van der Waals surface area contributed by atoms with Gasteiger partial charge in [-0.05, 0) is 31.1 Å². The lowest BCUT2D eigenvalue weighted by Crippen LogP contribution is -2.45. The van der Waals surface area contributed by atoms with Crippen LogP contribution in [0.15, 0.2) is 0 Å². The van der Waals surface area contributed by atoms with Gasteiger partial charge < -0.3 is 0 Å². The first-order valence-electron chi connectivity index (χ1n) is 6.88. The lowest BCUT2D eigenvalue weighted by Gasteiger charge is -2.49. The zero-order valence-electron chi connectivity index (χ0n) is 10.3. The molecule has 1 aliphatic heterocycles. The third kappa shape index (κ3) is 1.54. The Morgan fingerprint density at radius 3 is 2.12 bits per heavy atom. The van der Waals surface area contributed by atoms with E-state index in [1.54, 1.807) is 0 Å². The molecule has 0 bridgehead atoms. The second-order valence-electron chi connectivity index (χ2n) is 6.33. The van der Waals surface area contributed by atoms with Gasteiger partial charge in [0.25, 0.3) is 0 Å². The van der Waals surface area contributed by atoms with E-state index in [9.17, 15) is 8.42 Å². The third-order valence-corrected chi connectivity index (χ3v) is 8.86. The van der Waals surface area contributed by atoms with E-state index in [1.165, 1.54) is 32.1 Å². The normalized spacial score (nSPS) is 49.1. The highest BCUT2D eigenvalue weighted by atomic mass is 35.5. The van der Waals surface area contributed by atoms with Crippen LogP contribution in [-0.2, 0) is 9.84 Å². The summed E-state index contributed by atoms with van der Waals surface area (Å²) in [4.78, 5) is 0. The molecule has 0 radical (unpaired) electrons. The quantitative estimate of drug-likeness (QED) is 0.635. The average Bonchev–Trinajstić information content (AvgIpc) is 2.43. The Labute approximate surface area is 109 Å². The molecule has 17 heavy (non-hydrogen) atoms. The molecule has 3 fully saturated rings. The van der Waals surface area contributed by atoms with E-state index in [0.717, 1.165) is 25.7 Å². The first kappa shape index (κ1) is 12.3. The van der Waals surface area contributed by atoms with Crippen LogP contribution in [0.4, 0.5) is 0 Å². The van der Waals surface area contributed by atoms with Crippen LogP contribution in [0.2, 0.25) is 0 Å². The summed E-state index contributed by atoms with van der Waals surface area (Å²) >= 11 is 6.42. The van der Waals surface area contributed by atoms with Gasteiger partial charge in [-0.3, -0.25) is 0 Å². The molecule has 3 rings (SSSR count). The zero-order chi connectivity index (χ0) is 12.1. The Bertz CT molecular complexity index is 419. The highest BCUT2D eigenvalue weighted by Gasteiger charge is 2.66. The van der Waals surface area contributed by atoms with Crippen molar-refractivity contribution in [2.45, 2.75) is 62.5 Å². The van der Waals surface area contributed by atoms with Crippen molar-refractivity contribution < 1.29 is 8.42 Å². The van der Waals surface area contributed by atoms with E-state index in [4.69, 9.17) is 11.6 Å². The molecule has 0 spiro atoms. The lowest BCUT2D eigenvalue weighted by molar-refractivity contribution is 0.0211. The first-order valence-corrected chi connectivity index (χ1v) is 9.03. The minimum atomic E-state index is -3.06. The molecule has 3 aliphatic rings. The fraction of sp³-hybridized carbons (Fsp3) is 1.00. The lowest BCUT2D eigenvalue weighted by atomic mass is 9.55. The van der Waals surface area contributed by atoms with Crippen LogP contribution in [0, 0.1) is 10.8 Å². The molecule has 3 unspecified atom stereocenters. The maximum atomic E-state index is 12.3. The van der Waals surface area contributed by atoms with Crippen LogP contribution in [0.1, 0.15) is 57.8 Å². The van der Waals surface area contributed by atoms with E-state index in [-0.39, 0.29) is 10.8 Å². The summed E-state index contributed by atoms with van der Waals surface area (Å²) in [7, 11) is -3.06. The summed E-state index contributed by atoms with van der Waals surface area (Å²) in [6, 6.07) is 0. The Hall–Kier alpha value is 0.240. The second-order valence-corrected chi connectivity index (χ2v) is 9.11. The van der Waals surface area contributed by atoms with Crippen molar-refractivity contribution >= 4 is 21.4 Å². The van der Waals surface area contributed by atoms with E-state index in [1.807, 2.05) is 0 Å². The number of sulfone groups is 1. The van der Waals surface area contributed by atoms with Gasteiger partial charge in [-0.1, -0.05) is 32.1 Å². The van der Waals surface area contributed by atoms with Crippen LogP contribution >= 0.6 is 11.6 Å². The van der Waals surface area contributed by atoms with E-state index >= 15 is 0 Å². The molecule has 1 heterocycles. The molecule has 98 valence electrons. The van der Waals surface area contributed by atoms with E-state index < -0.39 is 14.5 Å². The van der Waals surface area contributed by atoms with Crippen molar-refractivity contribution in [2.24, 2.45) is 10.8 Å². The van der Waals surface area contributed by atoms with Crippen molar-refractivity contribution in [2.75, 3.05) is 5.75 Å². The molecule has 0 amide bonds. The highest BCUT2D eigenvalue weighted by molar-refractivity contribution is 7.93. The molecule has 4 heteroatoms. The van der Waals surface area contributed by atoms with Gasteiger partial charge in [0, 0.05) is 5.41 Å². The molecule has 0 N–H and O–H groups in total. The molecule has 2 aliphatic carbocycles. The van der Waals surface area contributed by atoms with Crippen LogP contribution in [0.5, 0.6) is 0 Å². The average molecular weight is 277 g/mol. The van der Waals surface area contributed by atoms with Gasteiger partial charge in [0.15, 0.2) is 9.84 Å². The Morgan fingerprint density at radius 2 is 1.41 bits per heavy atom. The Morgan fingerprint density at radius 1 is 0.882 bits per heavy atom. The molecule has 2 nitrogen and oxygen atoms in total. The number of hydrogen-bond donors (Lipinski definition) is 0. The van der Waals surface area contributed by atoms with Crippen LogP contribution < -0.4 is 0 Å². The van der Waals surface area contributed by atoms with E-state index in [2.05, 4.69) is 0 Å². The topological polar surface area (TPSA) is 34.1 Å². The Balaban J connectivity index is 2.12. The minimum absolute atomic E-state index is 0.0347. The molecule has 2 saturated carbocycles. The Kier molecular flexibility index (Phi) is 2.79. The third-order valence-electron chi connectivity index (χ3n) is 5.59. The monoisotopic (exact) mass is 276 g/mol. The summed E-state index contributed by atoms with van der Waals surface area (Å²) < 4.78 is 23.9. The standard InChI is InChI=1S/C13H21ClO2S/c14-11-13-8-3-1-2-6-12(13,7-4-5-9-13)10-17(11,15)16/h11H,1-10H2. The minimum Gasteiger partial charge on any atom is -0.227 e. The number of halogens is 1. The fourth-order valence-electron chi connectivity index (χ4n) is 4.82. The number of alkyl halides is 1. The second kappa shape index (κ2) is 3.86. The SMILES string of the molecule is O=S1(=O)CC23CCCCCC2(CCCC3)C1Cl. The maximum absolute atomic E-state index is 12.3. The van der Waals surface area contributed by atoms with Crippen molar-refractivity contribution in [1.82, 2.24) is 0 Å². The predicted octanol–water partition coefficient (Wildman–Crippen LogP) is 3.49. The molecule has 0 aromatic heterocycles. The van der Waals surface area contributed by atoms with Crippen molar-refractivity contribution in [3.8, 4) is 0 Å². The molecule has 1 saturated heterocycles. The van der Waals surface area contributed by atoms with Gasteiger partial charge in [0.2, 0.25) is 0 Å². The molecular formula is C13H21ClO2S. The number of rotatable bonds is 0. The number of hydrogen-bond acceptors (Lipinski definition) is 2. The smallest absolute Gasteiger partial charge is 0.168 e. The van der Waals surface area contributed by atoms with Gasteiger partial charge in [-0.15, -0.1) is 11.6 Å². The van der Waals surface area contributed by atoms with Gasteiger partial charge in [0.1, 0.15) is 4.71 Å². The first-order chi connectivity index (χ1) is 8.03. The summed E-state index contributed by atoms with van der Waals surface area (Å²) in [5.74, 6) is 0.369. The summed E-state index contributed by atoms with van der Waals surface area (Å²) in [5, 5.41) is 0. The molecule has 0 aromatic carbocycles. The summed E-state index contributed by atoms with van der Waals surface area (Å²) in [6.07, 6.45) is 10.3. The fourth-order valence-corrected chi connectivity index (χ4v) is 8.12. The predicted molar refractivity (Wildman–Crippen MR) is 69.8 cm³/mol. The van der Waals surface area contributed by atoms with Crippen molar-refractivity contribution in [1.29, 1.82) is 0 Å². The van der Waals surface area contributed by atoms with Gasteiger partial charge in [0.05, 0.1) is 5.75 Å². The van der Waals surface area contributed by atoms with Gasteiger partial charge >= 0.3 is 0 Å². The largest absolute Gasteiger partial charge is 0.227 e. The summed E-state index contributed by atoms with van der Waals surface area (Å²) in [6.45, 7) is 0. The van der Waals surface area contributed by atoms with E-state index in [0.29, 0.717) is 5.75 Å². The molecule has 3 atom stereocenters. The molecule has 0 aromatic rings. The van der Waals surface area contributed by atoms with Crippen molar-refractivity contribution in [3.63, 3.8) is 0 Å². The maximum Gasteiger partial charge on any atom is 0.168 e. The van der Waals surface area contributed by atoms with Crippen molar-refractivity contribution in [3.05, 3.63) is 0 Å². The summed E-state index contributed by atoms with van der Waals surface area (Å²) in [5.41, 5.74) is -0.0465. The van der Waals surface area contributed by atoms with Crippen LogP contribution in [0.25, 0.3) is 0 Å².